The highest BCUT2D eigenvalue weighted by molar-refractivity contribution is 6.31. The summed E-state index contributed by atoms with van der Waals surface area (Å²) in [6.45, 7) is 1.79. The number of aromatic nitrogens is 3. The summed E-state index contributed by atoms with van der Waals surface area (Å²) < 4.78 is 13.2. The summed E-state index contributed by atoms with van der Waals surface area (Å²) in [5.74, 6) is -0.565. The molecule has 0 spiro atoms. The molecule has 134 valence electrons. The molecule has 0 aliphatic rings. The van der Waals surface area contributed by atoms with E-state index < -0.39 is 17.9 Å². The van der Waals surface area contributed by atoms with E-state index in [-0.39, 0.29) is 16.1 Å². The molecule has 0 saturated heterocycles. The minimum absolute atomic E-state index is 0.0830. The zero-order chi connectivity index (χ0) is 18.8. The van der Waals surface area contributed by atoms with Crippen LogP contribution >= 0.6 is 11.6 Å². The molecule has 7 nitrogen and oxygen atoms in total. The van der Waals surface area contributed by atoms with Gasteiger partial charge in [-0.3, -0.25) is 9.78 Å². The smallest absolute Gasteiger partial charge is 0.322 e. The molecular formula is C17H15ClFN5O2. The molecule has 2 aromatic heterocycles. The van der Waals surface area contributed by atoms with Gasteiger partial charge in [-0.05, 0) is 25.1 Å². The van der Waals surface area contributed by atoms with Gasteiger partial charge in [-0.2, -0.15) is 0 Å². The molecule has 1 aromatic carbocycles. The number of fused-ring (bicyclic) bond motifs is 1. The third-order valence-electron chi connectivity index (χ3n) is 4.07. The molecule has 0 unspecified atom stereocenters. The number of halogens is 2. The highest BCUT2D eigenvalue weighted by atomic mass is 35.5. The Hall–Kier alpha value is -3.00. The number of amides is 2. The number of hydrogen-bond acceptors (Lipinski definition) is 4. The maximum atomic E-state index is 13.2. The van der Waals surface area contributed by atoms with Crippen LogP contribution in [-0.4, -0.2) is 32.9 Å². The highest BCUT2D eigenvalue weighted by Gasteiger charge is 2.21. The van der Waals surface area contributed by atoms with Crippen molar-refractivity contribution in [2.45, 2.75) is 13.0 Å². The number of carbonyl (C=O) groups is 1. The lowest BCUT2D eigenvalue weighted by Crippen LogP contribution is -2.34. The standard InChI is InChI=1S/C17H15ClFN5O2/c1-9(11-8-22-16(25)15-14(11)20-5-6-21-15)24(2)17(26)23-10-3-4-13(19)12(18)7-10/h3-9H,1-2H3,(H,22,25)(H,23,26)/t9-/m1/s1. The number of nitrogens with zero attached hydrogens (tertiary/aromatic N) is 3. The Morgan fingerprint density at radius 2 is 2.00 bits per heavy atom. The Balaban J connectivity index is 1.86. The van der Waals surface area contributed by atoms with Gasteiger partial charge in [-0.25, -0.2) is 14.2 Å². The number of H-pyrrole nitrogens is 1. The van der Waals surface area contributed by atoms with Crippen molar-refractivity contribution in [1.29, 1.82) is 0 Å². The predicted molar refractivity (Wildman–Crippen MR) is 96.8 cm³/mol. The number of benzene rings is 1. The van der Waals surface area contributed by atoms with Crippen LogP contribution in [0.3, 0.4) is 0 Å². The molecule has 0 saturated carbocycles. The quantitative estimate of drug-likeness (QED) is 0.734. The summed E-state index contributed by atoms with van der Waals surface area (Å²) in [6.07, 6.45) is 4.43. The maximum Gasteiger partial charge on any atom is 0.322 e. The van der Waals surface area contributed by atoms with Crippen LogP contribution in [0.4, 0.5) is 14.9 Å². The third kappa shape index (κ3) is 3.36. The summed E-state index contributed by atoms with van der Waals surface area (Å²) >= 11 is 5.73. The lowest BCUT2D eigenvalue weighted by Gasteiger charge is -2.26. The van der Waals surface area contributed by atoms with Gasteiger partial charge >= 0.3 is 6.03 Å². The molecule has 26 heavy (non-hydrogen) atoms. The Morgan fingerprint density at radius 1 is 1.31 bits per heavy atom. The number of nitrogens with one attached hydrogen (secondary N) is 2. The highest BCUT2D eigenvalue weighted by Crippen LogP contribution is 2.24. The number of rotatable bonds is 3. The summed E-state index contributed by atoms with van der Waals surface area (Å²) in [7, 11) is 1.60. The van der Waals surface area contributed by atoms with E-state index in [1.54, 1.807) is 14.0 Å². The zero-order valence-corrected chi connectivity index (χ0v) is 14.7. The van der Waals surface area contributed by atoms with Crippen molar-refractivity contribution in [2.24, 2.45) is 0 Å². The van der Waals surface area contributed by atoms with Crippen LogP contribution in [0.25, 0.3) is 11.0 Å². The fraction of sp³-hybridized carbons (Fsp3) is 0.176. The average Bonchev–Trinajstić information content (AvgIpc) is 2.64. The molecule has 2 N–H and O–H groups in total. The Morgan fingerprint density at radius 3 is 2.69 bits per heavy atom. The van der Waals surface area contributed by atoms with Crippen molar-refractivity contribution in [1.82, 2.24) is 19.9 Å². The first-order valence-corrected chi connectivity index (χ1v) is 8.07. The molecular weight excluding hydrogens is 361 g/mol. The number of pyridine rings is 1. The third-order valence-corrected chi connectivity index (χ3v) is 4.36. The second-order valence-electron chi connectivity index (χ2n) is 5.67. The maximum absolute atomic E-state index is 13.2. The summed E-state index contributed by atoms with van der Waals surface area (Å²) in [5, 5.41) is 2.56. The molecule has 2 amide bonds. The molecule has 3 rings (SSSR count). The van der Waals surface area contributed by atoms with Crippen LogP contribution in [0.1, 0.15) is 18.5 Å². The normalized spacial score (nSPS) is 12.0. The minimum Gasteiger partial charge on any atom is -0.327 e. The Kier molecular flexibility index (Phi) is 4.85. The molecule has 0 aliphatic heterocycles. The summed E-state index contributed by atoms with van der Waals surface area (Å²) in [6, 6.07) is 3.07. The van der Waals surface area contributed by atoms with Crippen molar-refractivity contribution in [3.63, 3.8) is 0 Å². The van der Waals surface area contributed by atoms with Gasteiger partial charge in [0.2, 0.25) is 0 Å². The molecule has 0 bridgehead atoms. The number of anilines is 1. The van der Waals surface area contributed by atoms with Crippen LogP contribution < -0.4 is 10.9 Å². The van der Waals surface area contributed by atoms with E-state index in [0.29, 0.717) is 16.8 Å². The van der Waals surface area contributed by atoms with E-state index in [0.717, 1.165) is 0 Å². The van der Waals surface area contributed by atoms with Crippen molar-refractivity contribution in [3.05, 3.63) is 63.5 Å². The van der Waals surface area contributed by atoms with Gasteiger partial charge in [0.05, 0.1) is 11.1 Å². The van der Waals surface area contributed by atoms with Gasteiger partial charge in [0.25, 0.3) is 5.56 Å². The molecule has 9 heteroatoms. The summed E-state index contributed by atoms with van der Waals surface area (Å²) in [5.41, 5.74) is 1.29. The fourth-order valence-electron chi connectivity index (χ4n) is 2.48. The lowest BCUT2D eigenvalue weighted by molar-refractivity contribution is 0.208. The fourth-order valence-corrected chi connectivity index (χ4v) is 2.66. The van der Waals surface area contributed by atoms with Crippen LogP contribution in [0.15, 0.2) is 41.6 Å². The van der Waals surface area contributed by atoms with Gasteiger partial charge < -0.3 is 15.2 Å². The van der Waals surface area contributed by atoms with Gasteiger partial charge in [-0.1, -0.05) is 11.6 Å². The van der Waals surface area contributed by atoms with Crippen LogP contribution in [0, 0.1) is 5.82 Å². The van der Waals surface area contributed by atoms with Crippen LogP contribution in [-0.2, 0) is 0 Å². The first-order chi connectivity index (χ1) is 12.4. The van der Waals surface area contributed by atoms with Crippen molar-refractivity contribution in [3.8, 4) is 0 Å². The number of aromatic amines is 1. The number of urea groups is 1. The molecule has 3 aromatic rings. The van der Waals surface area contributed by atoms with Crippen LogP contribution in [0.5, 0.6) is 0 Å². The Bertz CT molecular complexity index is 1040. The second kappa shape index (κ2) is 7.09. The minimum atomic E-state index is -0.565. The lowest BCUT2D eigenvalue weighted by atomic mass is 10.1. The topological polar surface area (TPSA) is 91.0 Å². The number of hydrogen-bond donors (Lipinski definition) is 2. The summed E-state index contributed by atoms with van der Waals surface area (Å²) in [4.78, 5) is 36.6. The van der Waals surface area contributed by atoms with Gasteiger partial charge in [-0.15, -0.1) is 0 Å². The Labute approximate surface area is 152 Å². The molecule has 0 aliphatic carbocycles. The largest absolute Gasteiger partial charge is 0.327 e. The molecule has 0 fully saturated rings. The molecule has 1 atom stereocenters. The monoisotopic (exact) mass is 375 g/mol. The first kappa shape index (κ1) is 17.8. The molecule has 2 heterocycles. The van der Waals surface area contributed by atoms with Gasteiger partial charge in [0, 0.05) is 36.9 Å². The average molecular weight is 376 g/mol. The van der Waals surface area contributed by atoms with Crippen molar-refractivity contribution in [2.75, 3.05) is 12.4 Å². The van der Waals surface area contributed by atoms with E-state index in [2.05, 4.69) is 20.3 Å². The number of carbonyl (C=O) groups excluding carboxylic acids is 1. The van der Waals surface area contributed by atoms with E-state index in [9.17, 15) is 14.0 Å². The van der Waals surface area contributed by atoms with Crippen molar-refractivity contribution < 1.29 is 9.18 Å². The van der Waals surface area contributed by atoms with Gasteiger partial charge in [0.15, 0.2) is 5.52 Å². The molecule has 0 radical (unpaired) electrons. The van der Waals surface area contributed by atoms with Gasteiger partial charge in [0.1, 0.15) is 11.3 Å². The predicted octanol–water partition coefficient (Wildman–Crippen LogP) is 3.34. The van der Waals surface area contributed by atoms with E-state index in [4.69, 9.17) is 11.6 Å². The van der Waals surface area contributed by atoms with E-state index in [1.807, 2.05) is 0 Å². The SMILES string of the molecule is C[C@H](c1c[nH]c(=O)c2nccnc12)N(C)C(=O)Nc1ccc(F)c(Cl)c1. The van der Waals surface area contributed by atoms with E-state index in [1.165, 1.54) is 41.7 Å². The first-order valence-electron chi connectivity index (χ1n) is 7.69. The van der Waals surface area contributed by atoms with Crippen LogP contribution in [0.2, 0.25) is 5.02 Å². The second-order valence-corrected chi connectivity index (χ2v) is 6.08. The zero-order valence-electron chi connectivity index (χ0n) is 14.0. The van der Waals surface area contributed by atoms with E-state index >= 15 is 0 Å². The van der Waals surface area contributed by atoms with Crippen molar-refractivity contribution >= 4 is 34.4 Å².